The van der Waals surface area contributed by atoms with Crippen LogP contribution in [0.15, 0.2) is 60.7 Å². The number of benzene rings is 2. The Hall–Kier alpha value is -2.17. The van der Waals surface area contributed by atoms with Gasteiger partial charge in [0.2, 0.25) is 5.91 Å². The molecule has 4 nitrogen and oxygen atoms in total. The summed E-state index contributed by atoms with van der Waals surface area (Å²) in [6, 6.07) is 20.3. The van der Waals surface area contributed by atoms with Gasteiger partial charge in [-0.15, -0.1) is 0 Å². The Kier molecular flexibility index (Phi) is 6.30. The zero-order valence-corrected chi connectivity index (χ0v) is 16.4. The molecule has 2 unspecified atom stereocenters. The van der Waals surface area contributed by atoms with Crippen molar-refractivity contribution in [1.82, 2.24) is 4.90 Å². The Morgan fingerprint density at radius 3 is 2.00 bits per heavy atom. The summed E-state index contributed by atoms with van der Waals surface area (Å²) in [6.45, 7) is 7.56. The van der Waals surface area contributed by atoms with Gasteiger partial charge in [0.05, 0.1) is 12.7 Å². The summed E-state index contributed by atoms with van der Waals surface area (Å²) in [5.74, 6) is -0.530. The third kappa shape index (κ3) is 5.65. The molecule has 4 heteroatoms. The smallest absolute Gasteiger partial charge is 0.226 e. The molecule has 1 amide bonds. The predicted octanol–water partition coefficient (Wildman–Crippen LogP) is 4.39. The van der Waals surface area contributed by atoms with Crippen LogP contribution < -0.4 is 0 Å². The number of hydrogen-bond acceptors (Lipinski definition) is 3. The van der Waals surface area contributed by atoms with Gasteiger partial charge in [0, 0.05) is 19.0 Å². The summed E-state index contributed by atoms with van der Waals surface area (Å²) in [4.78, 5) is 15.2. The number of carbonyl (C=O) groups is 1. The van der Waals surface area contributed by atoms with Crippen molar-refractivity contribution >= 4 is 5.91 Å². The molecule has 0 spiro atoms. The molecule has 1 aliphatic heterocycles. The summed E-state index contributed by atoms with van der Waals surface area (Å²) in [5.41, 5.74) is 2.27. The molecule has 2 aromatic rings. The zero-order chi connectivity index (χ0) is 19.3. The molecule has 2 atom stereocenters. The molecule has 0 aromatic heterocycles. The fourth-order valence-corrected chi connectivity index (χ4v) is 3.51. The first-order valence-corrected chi connectivity index (χ1v) is 9.61. The molecule has 27 heavy (non-hydrogen) atoms. The van der Waals surface area contributed by atoms with Gasteiger partial charge in [-0.3, -0.25) is 4.79 Å². The predicted molar refractivity (Wildman–Crippen MR) is 106 cm³/mol. The first kappa shape index (κ1) is 19.6. The third-order valence-electron chi connectivity index (χ3n) is 4.85. The van der Waals surface area contributed by atoms with Crippen LogP contribution in [-0.2, 0) is 27.4 Å². The van der Waals surface area contributed by atoms with E-state index >= 15 is 0 Å². The van der Waals surface area contributed by atoms with E-state index in [9.17, 15) is 4.79 Å². The number of nitrogens with zero attached hydrogens (tertiary/aromatic N) is 1. The maximum atomic E-state index is 13.2. The highest BCUT2D eigenvalue weighted by atomic mass is 16.7. The first-order valence-electron chi connectivity index (χ1n) is 9.61. The van der Waals surface area contributed by atoms with E-state index in [-0.39, 0.29) is 17.9 Å². The molecule has 0 radical (unpaired) electrons. The minimum atomic E-state index is -0.554. The fraction of sp³-hybridized carbons (Fsp3) is 0.435. The minimum Gasteiger partial charge on any atom is -0.348 e. The monoisotopic (exact) mass is 367 g/mol. The summed E-state index contributed by atoms with van der Waals surface area (Å²) in [6.07, 6.45) is 0.636. The van der Waals surface area contributed by atoms with Crippen LogP contribution in [0.1, 0.15) is 38.3 Å². The fourth-order valence-electron chi connectivity index (χ4n) is 3.51. The summed E-state index contributed by atoms with van der Waals surface area (Å²) >= 11 is 0. The van der Waals surface area contributed by atoms with E-state index in [1.807, 2.05) is 62.1 Å². The van der Waals surface area contributed by atoms with Crippen LogP contribution in [0.2, 0.25) is 0 Å². The van der Waals surface area contributed by atoms with E-state index in [0.29, 0.717) is 26.1 Å². The molecule has 0 saturated carbocycles. The van der Waals surface area contributed by atoms with Gasteiger partial charge in [-0.1, -0.05) is 67.6 Å². The van der Waals surface area contributed by atoms with Crippen molar-refractivity contribution in [3.63, 3.8) is 0 Å². The highest BCUT2D eigenvalue weighted by Gasteiger charge is 2.35. The van der Waals surface area contributed by atoms with Gasteiger partial charge < -0.3 is 14.4 Å². The third-order valence-corrected chi connectivity index (χ3v) is 4.85. The van der Waals surface area contributed by atoms with Gasteiger partial charge >= 0.3 is 0 Å². The summed E-state index contributed by atoms with van der Waals surface area (Å²) in [7, 11) is 0. The van der Waals surface area contributed by atoms with E-state index in [2.05, 4.69) is 24.3 Å². The lowest BCUT2D eigenvalue weighted by Gasteiger charge is -2.27. The van der Waals surface area contributed by atoms with E-state index < -0.39 is 5.79 Å². The molecule has 1 saturated heterocycles. The molecular formula is C23H29NO3. The molecule has 0 N–H and O–H groups in total. The molecule has 2 aromatic carbocycles. The summed E-state index contributed by atoms with van der Waals surface area (Å²) in [5, 5.41) is 0. The van der Waals surface area contributed by atoms with Crippen LogP contribution in [0.4, 0.5) is 0 Å². The molecule has 3 rings (SSSR count). The second-order valence-corrected chi connectivity index (χ2v) is 7.75. The first-order chi connectivity index (χ1) is 12.9. The van der Waals surface area contributed by atoms with Crippen molar-refractivity contribution in [3.05, 3.63) is 71.8 Å². The topological polar surface area (TPSA) is 38.8 Å². The van der Waals surface area contributed by atoms with Gasteiger partial charge in [0.15, 0.2) is 5.79 Å². The van der Waals surface area contributed by atoms with E-state index in [1.165, 1.54) is 0 Å². The number of rotatable bonds is 7. The van der Waals surface area contributed by atoms with Crippen molar-refractivity contribution in [2.24, 2.45) is 5.92 Å². The quantitative estimate of drug-likeness (QED) is 0.728. The molecule has 1 heterocycles. The Balaban J connectivity index is 1.69. The van der Waals surface area contributed by atoms with Crippen molar-refractivity contribution in [2.75, 3.05) is 6.61 Å². The van der Waals surface area contributed by atoms with E-state index in [1.54, 1.807) is 0 Å². The van der Waals surface area contributed by atoms with E-state index in [0.717, 1.165) is 11.1 Å². The van der Waals surface area contributed by atoms with Crippen LogP contribution in [0.25, 0.3) is 0 Å². The van der Waals surface area contributed by atoms with Crippen LogP contribution in [-0.4, -0.2) is 29.3 Å². The van der Waals surface area contributed by atoms with Crippen molar-refractivity contribution in [3.8, 4) is 0 Å². The van der Waals surface area contributed by atoms with Crippen LogP contribution >= 0.6 is 0 Å². The van der Waals surface area contributed by atoms with E-state index in [4.69, 9.17) is 9.47 Å². The Morgan fingerprint density at radius 2 is 1.56 bits per heavy atom. The molecule has 0 aliphatic carbocycles. The van der Waals surface area contributed by atoms with Crippen molar-refractivity contribution < 1.29 is 14.3 Å². The number of amides is 1. The average Bonchev–Trinajstić information content (AvgIpc) is 3.00. The van der Waals surface area contributed by atoms with Gasteiger partial charge in [-0.2, -0.15) is 0 Å². The lowest BCUT2D eigenvalue weighted by Crippen LogP contribution is -2.36. The zero-order valence-electron chi connectivity index (χ0n) is 16.4. The molecule has 1 fully saturated rings. The molecule has 1 aliphatic rings. The lowest BCUT2D eigenvalue weighted by atomic mass is 10.0. The van der Waals surface area contributed by atoms with Crippen molar-refractivity contribution in [1.29, 1.82) is 0 Å². The van der Waals surface area contributed by atoms with Gasteiger partial charge in [0.1, 0.15) is 0 Å². The number of carbonyl (C=O) groups excluding carboxylic acids is 1. The van der Waals surface area contributed by atoms with Gasteiger partial charge in [-0.05, 0) is 31.4 Å². The van der Waals surface area contributed by atoms with Gasteiger partial charge in [-0.25, -0.2) is 0 Å². The number of hydrogen-bond donors (Lipinski definition) is 0. The lowest BCUT2D eigenvalue weighted by molar-refractivity contribution is -0.146. The summed E-state index contributed by atoms with van der Waals surface area (Å²) < 4.78 is 11.5. The largest absolute Gasteiger partial charge is 0.348 e. The second-order valence-electron chi connectivity index (χ2n) is 7.75. The SMILES string of the molecule is CC(CC1COC(C)(C)O1)C(=O)N(Cc1ccccc1)Cc1ccccc1. The Bertz CT molecular complexity index is 688. The van der Waals surface area contributed by atoms with Crippen molar-refractivity contribution in [2.45, 2.75) is 52.2 Å². The maximum absolute atomic E-state index is 13.2. The normalized spacial score (nSPS) is 19.6. The highest BCUT2D eigenvalue weighted by Crippen LogP contribution is 2.27. The second kappa shape index (κ2) is 8.68. The van der Waals surface area contributed by atoms with Crippen LogP contribution in [0.5, 0.6) is 0 Å². The maximum Gasteiger partial charge on any atom is 0.226 e. The molecule has 144 valence electrons. The Labute approximate surface area is 162 Å². The highest BCUT2D eigenvalue weighted by molar-refractivity contribution is 5.78. The van der Waals surface area contributed by atoms with Crippen LogP contribution in [0.3, 0.4) is 0 Å². The minimum absolute atomic E-state index is 0.0331. The standard InChI is InChI=1S/C23H29NO3/c1-18(14-21-17-26-23(2,3)27-21)22(25)24(15-19-10-6-4-7-11-19)16-20-12-8-5-9-13-20/h4-13,18,21H,14-17H2,1-3H3. The molecular weight excluding hydrogens is 338 g/mol. The Morgan fingerprint density at radius 1 is 1.04 bits per heavy atom. The van der Waals surface area contributed by atoms with Gasteiger partial charge in [0.25, 0.3) is 0 Å². The number of ether oxygens (including phenoxy) is 2. The average molecular weight is 367 g/mol. The van der Waals surface area contributed by atoms with Crippen LogP contribution in [0, 0.1) is 5.92 Å². The molecule has 0 bridgehead atoms.